The molecular formula is C12H9NO3. The van der Waals surface area contributed by atoms with Crippen molar-refractivity contribution in [2.24, 2.45) is 5.73 Å². The minimum Gasteiger partial charge on any atom is -0.478 e. The maximum Gasteiger partial charge on any atom is 0.336 e. The van der Waals surface area contributed by atoms with E-state index in [0.717, 1.165) is 0 Å². The van der Waals surface area contributed by atoms with Gasteiger partial charge in [0.2, 0.25) is 5.91 Å². The topological polar surface area (TPSA) is 80.4 Å². The fourth-order valence-corrected chi connectivity index (χ4v) is 1.72. The number of benzene rings is 2. The van der Waals surface area contributed by atoms with Crippen molar-refractivity contribution < 1.29 is 14.7 Å². The van der Waals surface area contributed by atoms with Gasteiger partial charge in [-0.3, -0.25) is 4.79 Å². The van der Waals surface area contributed by atoms with E-state index in [4.69, 9.17) is 10.8 Å². The predicted molar refractivity (Wildman–Crippen MR) is 59.4 cm³/mol. The first-order valence-corrected chi connectivity index (χ1v) is 4.66. The van der Waals surface area contributed by atoms with Crippen molar-refractivity contribution in [2.45, 2.75) is 0 Å². The second-order valence-electron chi connectivity index (χ2n) is 3.38. The van der Waals surface area contributed by atoms with Crippen molar-refractivity contribution in [3.05, 3.63) is 47.5 Å². The SMILES string of the molecule is NC(=O)c1cccc2cccc(C(=O)O)c12. The molecule has 0 heterocycles. The van der Waals surface area contributed by atoms with E-state index in [1.807, 2.05) is 0 Å². The lowest BCUT2D eigenvalue weighted by Gasteiger charge is -2.06. The molecule has 0 bridgehead atoms. The van der Waals surface area contributed by atoms with Crippen LogP contribution in [0.1, 0.15) is 20.7 Å². The van der Waals surface area contributed by atoms with Crippen molar-refractivity contribution in [2.75, 3.05) is 0 Å². The first-order valence-electron chi connectivity index (χ1n) is 4.66. The Morgan fingerprint density at radius 3 is 2.06 bits per heavy atom. The number of amides is 1. The van der Waals surface area contributed by atoms with Gasteiger partial charge in [0.05, 0.1) is 5.56 Å². The highest BCUT2D eigenvalue weighted by molar-refractivity contribution is 6.13. The summed E-state index contributed by atoms with van der Waals surface area (Å²) in [4.78, 5) is 22.3. The van der Waals surface area contributed by atoms with Gasteiger partial charge in [-0.25, -0.2) is 4.79 Å². The number of hydrogen-bond acceptors (Lipinski definition) is 2. The van der Waals surface area contributed by atoms with E-state index >= 15 is 0 Å². The Balaban J connectivity index is 2.92. The number of hydrogen-bond donors (Lipinski definition) is 2. The average molecular weight is 215 g/mol. The highest BCUT2D eigenvalue weighted by atomic mass is 16.4. The van der Waals surface area contributed by atoms with E-state index in [-0.39, 0.29) is 11.1 Å². The van der Waals surface area contributed by atoms with Crippen LogP contribution >= 0.6 is 0 Å². The third kappa shape index (κ3) is 1.50. The van der Waals surface area contributed by atoms with E-state index < -0.39 is 11.9 Å². The van der Waals surface area contributed by atoms with Crippen LogP contribution in [0, 0.1) is 0 Å². The number of carboxylic acids is 1. The van der Waals surface area contributed by atoms with Gasteiger partial charge in [-0.05, 0) is 17.5 Å². The molecule has 0 atom stereocenters. The highest BCUT2D eigenvalue weighted by Crippen LogP contribution is 2.22. The summed E-state index contributed by atoms with van der Waals surface area (Å²) in [7, 11) is 0. The molecular weight excluding hydrogens is 206 g/mol. The molecule has 2 aromatic carbocycles. The third-order valence-corrected chi connectivity index (χ3v) is 2.40. The van der Waals surface area contributed by atoms with E-state index in [1.165, 1.54) is 12.1 Å². The van der Waals surface area contributed by atoms with Crippen LogP contribution in [-0.4, -0.2) is 17.0 Å². The zero-order valence-electron chi connectivity index (χ0n) is 8.31. The quantitative estimate of drug-likeness (QED) is 0.799. The summed E-state index contributed by atoms with van der Waals surface area (Å²) in [6, 6.07) is 9.78. The number of carbonyl (C=O) groups is 2. The summed E-state index contributed by atoms with van der Waals surface area (Å²) in [5.41, 5.74) is 5.54. The van der Waals surface area contributed by atoms with Crippen LogP contribution in [0.2, 0.25) is 0 Å². The van der Waals surface area contributed by atoms with E-state index in [0.29, 0.717) is 10.8 Å². The van der Waals surface area contributed by atoms with Crippen molar-refractivity contribution in [1.29, 1.82) is 0 Å². The maximum atomic E-state index is 11.2. The largest absolute Gasteiger partial charge is 0.478 e. The molecule has 0 aliphatic carbocycles. The molecule has 0 spiro atoms. The molecule has 2 rings (SSSR count). The summed E-state index contributed by atoms with van der Waals surface area (Å²) < 4.78 is 0. The summed E-state index contributed by atoms with van der Waals surface area (Å²) >= 11 is 0. The molecule has 2 aromatic rings. The fraction of sp³-hybridized carbons (Fsp3) is 0. The summed E-state index contributed by atoms with van der Waals surface area (Å²) in [5.74, 6) is -1.70. The molecule has 0 aliphatic heterocycles. The molecule has 0 saturated carbocycles. The number of nitrogens with two attached hydrogens (primary N) is 1. The number of carbonyl (C=O) groups excluding carboxylic acids is 1. The molecule has 4 heteroatoms. The van der Waals surface area contributed by atoms with Crippen LogP contribution in [0.3, 0.4) is 0 Å². The normalized spacial score (nSPS) is 10.2. The van der Waals surface area contributed by atoms with Crippen LogP contribution in [0.15, 0.2) is 36.4 Å². The fourth-order valence-electron chi connectivity index (χ4n) is 1.72. The van der Waals surface area contributed by atoms with E-state index in [1.54, 1.807) is 24.3 Å². The average Bonchev–Trinajstić information content (AvgIpc) is 2.27. The van der Waals surface area contributed by atoms with Gasteiger partial charge in [0.25, 0.3) is 0 Å². The van der Waals surface area contributed by atoms with Crippen LogP contribution in [0.4, 0.5) is 0 Å². The van der Waals surface area contributed by atoms with Crippen LogP contribution in [0.5, 0.6) is 0 Å². The Morgan fingerprint density at radius 1 is 1.00 bits per heavy atom. The Morgan fingerprint density at radius 2 is 1.56 bits per heavy atom. The summed E-state index contributed by atoms with van der Waals surface area (Å²) in [6.07, 6.45) is 0. The lowest BCUT2D eigenvalue weighted by atomic mass is 9.99. The molecule has 1 amide bonds. The Labute approximate surface area is 91.3 Å². The standard InChI is InChI=1S/C12H9NO3/c13-11(14)8-5-1-3-7-4-2-6-9(10(7)8)12(15)16/h1-6H,(H2,13,14)(H,15,16). The third-order valence-electron chi connectivity index (χ3n) is 2.40. The van der Waals surface area contributed by atoms with E-state index in [2.05, 4.69) is 0 Å². The Bertz CT molecular complexity index is 541. The van der Waals surface area contributed by atoms with Gasteiger partial charge in [0.1, 0.15) is 0 Å². The van der Waals surface area contributed by atoms with Crippen molar-refractivity contribution >= 4 is 22.6 Å². The summed E-state index contributed by atoms with van der Waals surface area (Å²) in [5, 5.41) is 10.1. The minimum atomic E-state index is -1.07. The van der Waals surface area contributed by atoms with Gasteiger partial charge in [-0.2, -0.15) is 0 Å². The molecule has 0 unspecified atom stereocenters. The zero-order chi connectivity index (χ0) is 11.7. The number of primary amides is 1. The van der Waals surface area contributed by atoms with Crippen molar-refractivity contribution in [3.63, 3.8) is 0 Å². The Kier molecular flexibility index (Phi) is 2.32. The van der Waals surface area contributed by atoms with Gasteiger partial charge < -0.3 is 10.8 Å². The second kappa shape index (κ2) is 3.66. The second-order valence-corrected chi connectivity index (χ2v) is 3.38. The first-order chi connectivity index (χ1) is 7.61. The minimum absolute atomic E-state index is 0.0897. The first kappa shape index (κ1) is 10.2. The van der Waals surface area contributed by atoms with Gasteiger partial charge in [-0.1, -0.05) is 24.3 Å². The number of fused-ring (bicyclic) bond motifs is 1. The molecule has 80 valence electrons. The number of aromatic carboxylic acids is 1. The maximum absolute atomic E-state index is 11.2. The molecule has 0 aliphatic rings. The van der Waals surface area contributed by atoms with Gasteiger partial charge in [-0.15, -0.1) is 0 Å². The lowest BCUT2D eigenvalue weighted by Crippen LogP contribution is -2.13. The van der Waals surface area contributed by atoms with Crippen LogP contribution in [-0.2, 0) is 0 Å². The predicted octanol–water partition coefficient (Wildman–Crippen LogP) is 1.64. The summed E-state index contributed by atoms with van der Waals surface area (Å²) in [6.45, 7) is 0. The number of carboxylic acid groups (broad SMARTS) is 1. The lowest BCUT2D eigenvalue weighted by molar-refractivity contribution is 0.0699. The van der Waals surface area contributed by atoms with Gasteiger partial charge in [0, 0.05) is 10.9 Å². The molecule has 3 N–H and O–H groups in total. The molecule has 0 fully saturated rings. The zero-order valence-corrected chi connectivity index (χ0v) is 8.31. The smallest absolute Gasteiger partial charge is 0.336 e. The monoisotopic (exact) mass is 215 g/mol. The van der Waals surface area contributed by atoms with E-state index in [9.17, 15) is 9.59 Å². The van der Waals surface area contributed by atoms with Crippen LogP contribution in [0.25, 0.3) is 10.8 Å². The Hall–Kier alpha value is -2.36. The molecule has 4 nitrogen and oxygen atoms in total. The van der Waals surface area contributed by atoms with Crippen molar-refractivity contribution in [1.82, 2.24) is 0 Å². The van der Waals surface area contributed by atoms with Gasteiger partial charge in [0.15, 0.2) is 0 Å². The molecule has 0 radical (unpaired) electrons. The molecule has 0 saturated heterocycles. The molecule has 0 aromatic heterocycles. The van der Waals surface area contributed by atoms with Gasteiger partial charge >= 0.3 is 5.97 Å². The van der Waals surface area contributed by atoms with Crippen molar-refractivity contribution in [3.8, 4) is 0 Å². The molecule has 16 heavy (non-hydrogen) atoms. The van der Waals surface area contributed by atoms with Crippen LogP contribution < -0.4 is 5.73 Å². The number of rotatable bonds is 2. The highest BCUT2D eigenvalue weighted by Gasteiger charge is 2.13.